The van der Waals surface area contributed by atoms with E-state index in [0.29, 0.717) is 12.3 Å². The number of nitrogens with zero attached hydrogens (tertiary/aromatic N) is 1. The second kappa shape index (κ2) is 8.09. The van der Waals surface area contributed by atoms with Crippen LogP contribution in [0.5, 0.6) is 0 Å². The van der Waals surface area contributed by atoms with Crippen molar-refractivity contribution in [3.63, 3.8) is 0 Å². The van der Waals surface area contributed by atoms with Crippen LogP contribution in [0.2, 0.25) is 0 Å². The number of hydrogen-bond acceptors (Lipinski definition) is 3. The average Bonchev–Trinajstić information content (AvgIpc) is 3.15. The number of benzene rings is 2. The highest BCUT2D eigenvalue weighted by Crippen LogP contribution is 2.12. The Balaban J connectivity index is 1.59. The van der Waals surface area contributed by atoms with Gasteiger partial charge in [-0.25, -0.2) is 0 Å². The average molecular weight is 344 g/mol. The largest absolute Gasteiger partial charge is 0.443 e. The fraction of sp³-hybridized carbons (Fsp3) is 0.136. The Hall–Kier alpha value is -3.45. The first-order valence-electron chi connectivity index (χ1n) is 8.33. The number of carbonyl (C=O) groups excluding carboxylic acids is 1. The van der Waals surface area contributed by atoms with Gasteiger partial charge in [0.05, 0.1) is 0 Å². The van der Waals surface area contributed by atoms with Crippen LogP contribution >= 0.6 is 0 Å². The van der Waals surface area contributed by atoms with Gasteiger partial charge in [0.2, 0.25) is 0 Å². The van der Waals surface area contributed by atoms with E-state index < -0.39 is 0 Å². The van der Waals surface area contributed by atoms with Crippen LogP contribution < -0.4 is 10.2 Å². The maximum absolute atomic E-state index is 12.2. The van der Waals surface area contributed by atoms with Crippen LogP contribution in [0, 0.1) is 11.8 Å². The van der Waals surface area contributed by atoms with E-state index in [1.54, 1.807) is 12.1 Å². The highest BCUT2D eigenvalue weighted by Gasteiger charge is 2.10. The number of rotatable bonds is 4. The van der Waals surface area contributed by atoms with Crippen molar-refractivity contribution in [2.24, 2.45) is 0 Å². The van der Waals surface area contributed by atoms with E-state index in [1.165, 1.54) is 0 Å². The molecular weight excluding hydrogens is 324 g/mol. The van der Waals surface area contributed by atoms with Crippen LogP contribution in [0.4, 0.5) is 5.69 Å². The molecule has 0 aliphatic heterocycles. The molecule has 4 heteroatoms. The van der Waals surface area contributed by atoms with Crippen molar-refractivity contribution in [3.05, 3.63) is 89.4 Å². The van der Waals surface area contributed by atoms with Gasteiger partial charge in [0.25, 0.3) is 5.91 Å². The van der Waals surface area contributed by atoms with Gasteiger partial charge in [-0.2, -0.15) is 0 Å². The molecule has 0 saturated heterocycles. The minimum atomic E-state index is -0.255. The summed E-state index contributed by atoms with van der Waals surface area (Å²) in [6.07, 6.45) is 0. The SMILES string of the molecule is CN(C)c1ccc(CNC(=O)c2ccc(C#Cc3ccccc3)o2)cc1. The quantitative estimate of drug-likeness (QED) is 0.735. The summed E-state index contributed by atoms with van der Waals surface area (Å²) in [6, 6.07) is 21.0. The summed E-state index contributed by atoms with van der Waals surface area (Å²) >= 11 is 0. The predicted octanol–water partition coefficient (Wildman–Crippen LogP) is 3.68. The van der Waals surface area contributed by atoms with Gasteiger partial charge < -0.3 is 14.6 Å². The van der Waals surface area contributed by atoms with Crippen LogP contribution in [0.1, 0.15) is 27.4 Å². The Kier molecular flexibility index (Phi) is 5.40. The van der Waals surface area contributed by atoms with Gasteiger partial charge in [0.1, 0.15) is 0 Å². The van der Waals surface area contributed by atoms with E-state index in [0.717, 1.165) is 16.8 Å². The first-order chi connectivity index (χ1) is 12.6. The second-order valence-corrected chi connectivity index (χ2v) is 6.02. The number of furan rings is 1. The Morgan fingerprint density at radius 3 is 2.38 bits per heavy atom. The Labute approximate surface area is 153 Å². The lowest BCUT2D eigenvalue weighted by Gasteiger charge is -2.12. The molecule has 3 rings (SSSR count). The topological polar surface area (TPSA) is 45.5 Å². The molecule has 2 aromatic carbocycles. The summed E-state index contributed by atoms with van der Waals surface area (Å²) in [5, 5.41) is 2.86. The monoisotopic (exact) mass is 344 g/mol. The first kappa shape index (κ1) is 17.4. The number of anilines is 1. The Morgan fingerprint density at radius 2 is 1.69 bits per heavy atom. The van der Waals surface area contributed by atoms with Gasteiger partial charge in [0, 0.05) is 31.9 Å². The molecule has 0 unspecified atom stereocenters. The van der Waals surface area contributed by atoms with E-state index >= 15 is 0 Å². The molecule has 3 aromatic rings. The third kappa shape index (κ3) is 4.55. The molecule has 0 aliphatic rings. The minimum absolute atomic E-state index is 0.255. The molecule has 0 bridgehead atoms. The van der Waals surface area contributed by atoms with Crippen molar-refractivity contribution >= 4 is 11.6 Å². The number of hydrogen-bond donors (Lipinski definition) is 1. The molecule has 26 heavy (non-hydrogen) atoms. The molecule has 0 atom stereocenters. The van der Waals surface area contributed by atoms with Crippen molar-refractivity contribution in [1.82, 2.24) is 5.32 Å². The summed E-state index contributed by atoms with van der Waals surface area (Å²) in [6.45, 7) is 0.443. The van der Waals surface area contributed by atoms with Gasteiger partial charge >= 0.3 is 0 Å². The summed E-state index contributed by atoms with van der Waals surface area (Å²) in [7, 11) is 3.98. The number of amides is 1. The second-order valence-electron chi connectivity index (χ2n) is 6.02. The molecule has 1 amide bonds. The molecule has 0 saturated carbocycles. The molecule has 0 aliphatic carbocycles. The molecule has 0 spiro atoms. The highest BCUT2D eigenvalue weighted by atomic mass is 16.3. The molecule has 0 radical (unpaired) electrons. The molecular formula is C22H20N2O2. The molecule has 0 fully saturated rings. The highest BCUT2D eigenvalue weighted by molar-refractivity contribution is 5.91. The van der Waals surface area contributed by atoms with E-state index in [4.69, 9.17) is 4.42 Å². The molecule has 1 heterocycles. The van der Waals surface area contributed by atoms with Crippen LogP contribution in [-0.2, 0) is 6.54 Å². The zero-order valence-electron chi connectivity index (χ0n) is 14.8. The van der Waals surface area contributed by atoms with Gasteiger partial charge in [-0.3, -0.25) is 4.79 Å². The van der Waals surface area contributed by atoms with Gasteiger partial charge in [-0.1, -0.05) is 36.3 Å². The standard InChI is InChI=1S/C22H20N2O2/c1-24(2)19-11-8-18(9-12-19)16-23-22(25)21-15-14-20(26-21)13-10-17-6-4-3-5-7-17/h3-9,11-12,14-15H,16H2,1-2H3,(H,23,25). The van der Waals surface area contributed by atoms with E-state index in [9.17, 15) is 4.79 Å². The number of nitrogens with one attached hydrogen (secondary N) is 1. The predicted molar refractivity (Wildman–Crippen MR) is 103 cm³/mol. The van der Waals surface area contributed by atoms with Crippen LogP contribution in [0.25, 0.3) is 0 Å². The third-order valence-electron chi connectivity index (χ3n) is 3.84. The fourth-order valence-corrected chi connectivity index (χ4v) is 2.36. The van der Waals surface area contributed by atoms with Crippen molar-refractivity contribution in [2.75, 3.05) is 19.0 Å². The van der Waals surface area contributed by atoms with Gasteiger partial charge in [-0.15, -0.1) is 0 Å². The lowest BCUT2D eigenvalue weighted by Crippen LogP contribution is -2.22. The molecule has 4 nitrogen and oxygen atoms in total. The Bertz CT molecular complexity index is 930. The third-order valence-corrected chi connectivity index (χ3v) is 3.84. The minimum Gasteiger partial charge on any atom is -0.443 e. The molecule has 1 N–H and O–H groups in total. The van der Waals surface area contributed by atoms with Crippen LogP contribution in [0.3, 0.4) is 0 Å². The van der Waals surface area contributed by atoms with E-state index in [2.05, 4.69) is 17.2 Å². The van der Waals surface area contributed by atoms with Crippen molar-refractivity contribution in [1.29, 1.82) is 0 Å². The summed E-state index contributed by atoms with van der Waals surface area (Å²) in [4.78, 5) is 14.3. The molecule has 1 aromatic heterocycles. The van der Waals surface area contributed by atoms with Crippen LogP contribution in [-0.4, -0.2) is 20.0 Å². The summed E-state index contributed by atoms with van der Waals surface area (Å²) < 4.78 is 5.51. The van der Waals surface area contributed by atoms with Crippen molar-refractivity contribution in [3.8, 4) is 11.8 Å². The normalized spacial score (nSPS) is 9.92. The number of carbonyl (C=O) groups is 1. The van der Waals surface area contributed by atoms with E-state index in [1.807, 2.05) is 73.6 Å². The lowest BCUT2D eigenvalue weighted by molar-refractivity contribution is 0.0922. The van der Waals surface area contributed by atoms with Crippen molar-refractivity contribution < 1.29 is 9.21 Å². The fourth-order valence-electron chi connectivity index (χ4n) is 2.36. The first-order valence-corrected chi connectivity index (χ1v) is 8.33. The van der Waals surface area contributed by atoms with E-state index in [-0.39, 0.29) is 11.7 Å². The summed E-state index contributed by atoms with van der Waals surface area (Å²) in [5.74, 6) is 6.40. The maximum Gasteiger partial charge on any atom is 0.287 e. The van der Waals surface area contributed by atoms with Crippen LogP contribution in [0.15, 0.2) is 71.1 Å². The maximum atomic E-state index is 12.2. The van der Waals surface area contributed by atoms with Gasteiger partial charge in [-0.05, 0) is 47.9 Å². The smallest absolute Gasteiger partial charge is 0.287 e. The Morgan fingerprint density at radius 1 is 0.962 bits per heavy atom. The zero-order chi connectivity index (χ0) is 18.4. The van der Waals surface area contributed by atoms with Crippen molar-refractivity contribution in [2.45, 2.75) is 6.54 Å². The zero-order valence-corrected chi connectivity index (χ0v) is 14.8. The summed E-state index contributed by atoms with van der Waals surface area (Å²) in [5.41, 5.74) is 3.04. The molecule has 130 valence electrons. The van der Waals surface area contributed by atoms with Gasteiger partial charge in [0.15, 0.2) is 11.5 Å². The lowest BCUT2D eigenvalue weighted by atomic mass is 10.2.